The molecule has 0 aromatic heterocycles. The molecule has 9 aromatic carbocycles. The Bertz CT molecular complexity index is 2650. The maximum absolute atomic E-state index is 9.22. The first-order valence-corrected chi connectivity index (χ1v) is 26.1. The number of halogens is 1. The fourth-order valence-corrected chi connectivity index (χ4v) is 15.7. The molecule has 0 atom stereocenters. The van der Waals surface area contributed by atoms with E-state index in [1.807, 2.05) is 0 Å². The molecule has 0 fully saturated rings. The molecule has 0 saturated carbocycles. The van der Waals surface area contributed by atoms with E-state index in [-0.39, 0.29) is 0 Å². The second-order valence-corrected chi connectivity index (χ2v) is 22.5. The first kappa shape index (κ1) is 43.7. The highest BCUT2D eigenvalue weighted by atomic mass is 35.6. The Hall–Kier alpha value is -6.51. The molecule has 0 nitrogen and oxygen atoms in total. The number of hydrogen-bond acceptors (Lipinski definition) is 0. The van der Waals surface area contributed by atoms with Gasteiger partial charge in [-0.2, -0.15) is 0 Å². The molecular weight excluding hydrogens is 820 g/mol. The van der Waals surface area contributed by atoms with Gasteiger partial charge in [-0.25, -0.2) is 0 Å². The highest BCUT2D eigenvalue weighted by Crippen LogP contribution is 2.29. The van der Waals surface area contributed by atoms with E-state index in [1.165, 1.54) is 99.0 Å². The quantitative estimate of drug-likeness (QED) is 0.0547. The summed E-state index contributed by atoms with van der Waals surface area (Å²) >= 11 is 9.22. The monoisotopic (exact) mass is 876 g/mol. The van der Waals surface area contributed by atoms with Crippen LogP contribution >= 0.6 is 11.1 Å². The summed E-state index contributed by atoms with van der Waals surface area (Å²) in [5.74, 6) is 0. The van der Waals surface area contributed by atoms with Crippen LogP contribution < -0.4 is 15.6 Å². The van der Waals surface area contributed by atoms with Gasteiger partial charge in [-0.1, -0.05) is 218 Å². The Morgan fingerprint density at radius 2 is 0.462 bits per heavy atom. The Morgan fingerprint density at radius 1 is 0.262 bits per heavy atom. The molecule has 320 valence electrons. The van der Waals surface area contributed by atoms with Gasteiger partial charge in [0.15, 0.2) is 0 Å². The topological polar surface area (TPSA) is 0 Å². The third kappa shape index (κ3) is 10.2. The van der Waals surface area contributed by atoms with E-state index >= 15 is 0 Å². The Morgan fingerprint density at radius 3 is 0.677 bits per heavy atom. The molecular formula is C63H57ClSi. The standard InChI is InChI=1S/C63H57ClSi/c1-46-58(37-52-28-16-7-17-29-52)40-55(34-49-22-10-4-11-23-49)43-61(46)65(64,62-44-56(35-50-24-12-5-13-25-50)41-59(47(62)2)38-53-30-18-8-19-31-53)63-45-57(36-51-26-14-6-15-27-51)42-60(48(63)3)39-54-32-20-9-21-33-54/h4-33,40-45H,34-39H2,1-3H3. The van der Waals surface area contributed by atoms with E-state index in [1.54, 1.807) is 0 Å². The van der Waals surface area contributed by atoms with Gasteiger partial charge in [0.1, 0.15) is 0 Å². The molecule has 0 aliphatic carbocycles. The number of benzene rings is 9. The average Bonchev–Trinajstić information content (AvgIpc) is 3.33. The molecule has 65 heavy (non-hydrogen) atoms. The second-order valence-electron chi connectivity index (χ2n) is 17.9. The van der Waals surface area contributed by atoms with Gasteiger partial charge in [0.05, 0.1) is 0 Å². The lowest BCUT2D eigenvalue weighted by Crippen LogP contribution is -2.65. The lowest BCUT2D eigenvalue weighted by Gasteiger charge is -2.34. The molecule has 0 amide bonds. The number of rotatable bonds is 15. The van der Waals surface area contributed by atoms with Crippen LogP contribution in [0.3, 0.4) is 0 Å². The van der Waals surface area contributed by atoms with Crippen molar-refractivity contribution < 1.29 is 0 Å². The molecule has 9 aromatic rings. The Balaban J connectivity index is 1.35. The average molecular weight is 878 g/mol. The Labute approximate surface area is 393 Å². The van der Waals surface area contributed by atoms with Gasteiger partial charge in [0.25, 0.3) is 0 Å². The largest absolute Gasteiger partial charge is 0.248 e. The van der Waals surface area contributed by atoms with Crippen LogP contribution in [-0.4, -0.2) is 7.38 Å². The molecule has 0 unspecified atom stereocenters. The van der Waals surface area contributed by atoms with Crippen LogP contribution in [0.1, 0.15) is 83.5 Å². The van der Waals surface area contributed by atoms with Crippen molar-refractivity contribution in [1.82, 2.24) is 0 Å². The van der Waals surface area contributed by atoms with Crippen LogP contribution in [0.4, 0.5) is 0 Å². The Kier molecular flexibility index (Phi) is 13.5. The van der Waals surface area contributed by atoms with Crippen LogP contribution in [0.15, 0.2) is 218 Å². The molecule has 0 aliphatic heterocycles. The molecule has 9 rings (SSSR count). The summed E-state index contributed by atoms with van der Waals surface area (Å²) in [5, 5.41) is 3.86. The van der Waals surface area contributed by atoms with Gasteiger partial charge in [-0.3, -0.25) is 0 Å². The van der Waals surface area contributed by atoms with Crippen molar-refractivity contribution in [3.8, 4) is 0 Å². The smallest absolute Gasteiger partial charge is 0.149 e. The van der Waals surface area contributed by atoms with Crippen LogP contribution in [0.5, 0.6) is 0 Å². The normalized spacial score (nSPS) is 11.4. The van der Waals surface area contributed by atoms with Crippen LogP contribution in [0.25, 0.3) is 0 Å². The number of hydrogen-bond donors (Lipinski definition) is 0. The first-order chi connectivity index (χ1) is 31.8. The van der Waals surface area contributed by atoms with E-state index < -0.39 is 7.38 Å². The van der Waals surface area contributed by atoms with Crippen LogP contribution in [0.2, 0.25) is 0 Å². The third-order valence-corrected chi connectivity index (χ3v) is 18.9. The summed E-state index contributed by atoms with van der Waals surface area (Å²) in [6.45, 7) is 7.06. The van der Waals surface area contributed by atoms with E-state index in [0.717, 1.165) is 38.5 Å². The first-order valence-electron chi connectivity index (χ1n) is 23.1. The van der Waals surface area contributed by atoms with Crippen molar-refractivity contribution in [2.45, 2.75) is 59.3 Å². The van der Waals surface area contributed by atoms with Crippen molar-refractivity contribution in [2.24, 2.45) is 0 Å². The fourth-order valence-electron chi connectivity index (χ4n) is 9.83. The van der Waals surface area contributed by atoms with Gasteiger partial charge in [0, 0.05) is 0 Å². The van der Waals surface area contributed by atoms with Crippen molar-refractivity contribution >= 4 is 34.0 Å². The summed E-state index contributed by atoms with van der Waals surface area (Å²) < 4.78 is 0. The molecule has 0 saturated heterocycles. The van der Waals surface area contributed by atoms with Crippen molar-refractivity contribution in [3.63, 3.8) is 0 Å². The van der Waals surface area contributed by atoms with E-state index in [9.17, 15) is 11.1 Å². The van der Waals surface area contributed by atoms with Crippen molar-refractivity contribution in [3.05, 3.63) is 302 Å². The summed E-state index contributed by atoms with van der Waals surface area (Å²) in [6.07, 6.45) is 4.99. The molecule has 0 radical (unpaired) electrons. The minimum absolute atomic E-state index is 0.829. The molecule has 0 bridgehead atoms. The predicted molar refractivity (Wildman–Crippen MR) is 280 cm³/mol. The van der Waals surface area contributed by atoms with Crippen molar-refractivity contribution in [1.29, 1.82) is 0 Å². The molecule has 0 N–H and O–H groups in total. The zero-order valence-corrected chi connectivity index (χ0v) is 39.7. The van der Waals surface area contributed by atoms with Gasteiger partial charge in [0.2, 0.25) is 7.38 Å². The highest BCUT2D eigenvalue weighted by molar-refractivity contribution is 7.40. The van der Waals surface area contributed by atoms with Crippen LogP contribution in [-0.2, 0) is 38.5 Å². The van der Waals surface area contributed by atoms with Gasteiger partial charge < -0.3 is 0 Å². The summed E-state index contributed by atoms with van der Waals surface area (Å²) in [6, 6.07) is 80.5. The van der Waals surface area contributed by atoms with Gasteiger partial charge in [-0.15, -0.1) is 11.1 Å². The summed E-state index contributed by atoms with van der Waals surface area (Å²) in [5.41, 5.74) is 19.6. The predicted octanol–water partition coefficient (Wildman–Crippen LogP) is 13.4. The molecule has 2 heteroatoms. The van der Waals surface area contributed by atoms with Crippen molar-refractivity contribution in [2.75, 3.05) is 0 Å². The van der Waals surface area contributed by atoms with Gasteiger partial charge in [-0.05, 0) is 158 Å². The molecule has 0 heterocycles. The molecule has 0 spiro atoms. The fraction of sp³-hybridized carbons (Fsp3) is 0.143. The minimum atomic E-state index is -3.43. The van der Waals surface area contributed by atoms with E-state index in [0.29, 0.717) is 0 Å². The second kappa shape index (κ2) is 20.1. The highest BCUT2D eigenvalue weighted by Gasteiger charge is 2.43. The van der Waals surface area contributed by atoms with Crippen LogP contribution in [0, 0.1) is 20.8 Å². The lowest BCUT2D eigenvalue weighted by atomic mass is 9.95. The maximum atomic E-state index is 9.22. The zero-order valence-electron chi connectivity index (χ0n) is 37.9. The SMILES string of the molecule is Cc1c(Cc2ccccc2)cc(Cc2ccccc2)cc1[Si](Cl)(c1cc(Cc2ccccc2)cc(Cc2ccccc2)c1C)c1cc(Cc2ccccc2)cc(Cc2ccccc2)c1C. The third-order valence-electron chi connectivity index (χ3n) is 13.3. The van der Waals surface area contributed by atoms with Gasteiger partial charge >= 0.3 is 0 Å². The van der Waals surface area contributed by atoms with E-state index in [2.05, 4.69) is 239 Å². The lowest BCUT2D eigenvalue weighted by molar-refractivity contribution is 1.11. The maximum Gasteiger partial charge on any atom is 0.248 e. The minimum Gasteiger partial charge on any atom is -0.149 e. The summed E-state index contributed by atoms with van der Waals surface area (Å²) in [7, 11) is -3.43. The zero-order chi connectivity index (χ0) is 44.6. The molecule has 0 aliphatic rings. The summed E-state index contributed by atoms with van der Waals surface area (Å²) in [4.78, 5) is 0. The van der Waals surface area contributed by atoms with E-state index in [4.69, 9.17) is 0 Å².